The molecule has 0 unspecified atom stereocenters. The average molecular weight is 234 g/mol. The minimum absolute atomic E-state index is 0.0861. The Bertz CT molecular complexity index is 637. The molecule has 1 N–H and O–H groups in total. The fourth-order valence-electron chi connectivity index (χ4n) is 1.80. The van der Waals surface area contributed by atoms with Gasteiger partial charge in [-0.25, -0.2) is 0 Å². The molecule has 2 rings (SSSR count). The number of hydrogen-bond donors (Lipinski definition) is 1. The van der Waals surface area contributed by atoms with E-state index in [2.05, 4.69) is 5.32 Å². The SMILES string of the molecule is CC(=O)NCc1c(C)n2oc(C)cc2cc1=O. The molecule has 0 bridgehead atoms. The zero-order chi connectivity index (χ0) is 12.6. The molecular weight excluding hydrogens is 220 g/mol. The summed E-state index contributed by atoms with van der Waals surface area (Å²) in [5.74, 6) is 0.577. The number of rotatable bonds is 2. The molecule has 0 atom stereocenters. The number of nitrogens with zero attached hydrogens (tertiary/aromatic N) is 1. The third kappa shape index (κ3) is 2.08. The molecule has 2 heterocycles. The van der Waals surface area contributed by atoms with Gasteiger partial charge in [-0.3, -0.25) is 9.59 Å². The van der Waals surface area contributed by atoms with E-state index in [0.717, 1.165) is 11.3 Å². The molecule has 0 spiro atoms. The lowest BCUT2D eigenvalue weighted by Crippen LogP contribution is -2.25. The van der Waals surface area contributed by atoms with Crippen LogP contribution in [0.3, 0.4) is 0 Å². The number of fused-ring (bicyclic) bond motifs is 1. The van der Waals surface area contributed by atoms with Gasteiger partial charge in [0.15, 0.2) is 5.43 Å². The van der Waals surface area contributed by atoms with Crippen molar-refractivity contribution in [2.75, 3.05) is 0 Å². The summed E-state index contributed by atoms with van der Waals surface area (Å²) in [6.07, 6.45) is 0. The second-order valence-electron chi connectivity index (χ2n) is 4.05. The Morgan fingerprint density at radius 3 is 2.76 bits per heavy atom. The van der Waals surface area contributed by atoms with E-state index in [0.29, 0.717) is 11.3 Å². The zero-order valence-corrected chi connectivity index (χ0v) is 10.0. The van der Waals surface area contributed by atoms with Crippen LogP contribution in [-0.2, 0) is 11.3 Å². The first-order valence-electron chi connectivity index (χ1n) is 5.35. The summed E-state index contributed by atoms with van der Waals surface area (Å²) < 4.78 is 7.07. The number of aromatic nitrogens is 1. The lowest BCUT2D eigenvalue weighted by atomic mass is 10.2. The molecule has 2 aromatic heterocycles. The molecule has 0 aliphatic carbocycles. The lowest BCUT2D eigenvalue weighted by Gasteiger charge is -2.06. The number of carbonyl (C=O) groups is 1. The second kappa shape index (κ2) is 4.08. The maximum atomic E-state index is 11.9. The van der Waals surface area contributed by atoms with Gasteiger partial charge in [0.1, 0.15) is 5.76 Å². The first kappa shape index (κ1) is 11.4. The van der Waals surface area contributed by atoms with Crippen molar-refractivity contribution in [2.24, 2.45) is 0 Å². The summed E-state index contributed by atoms with van der Waals surface area (Å²) in [4.78, 5) is 22.7. The van der Waals surface area contributed by atoms with Gasteiger partial charge < -0.3 is 9.84 Å². The molecule has 1 amide bonds. The van der Waals surface area contributed by atoms with Gasteiger partial charge in [0.25, 0.3) is 0 Å². The number of amides is 1. The second-order valence-corrected chi connectivity index (χ2v) is 4.05. The Kier molecular flexibility index (Phi) is 2.75. The van der Waals surface area contributed by atoms with E-state index in [4.69, 9.17) is 4.52 Å². The largest absolute Gasteiger partial charge is 0.380 e. The van der Waals surface area contributed by atoms with E-state index in [-0.39, 0.29) is 17.9 Å². The number of carbonyl (C=O) groups excluding carboxylic acids is 1. The maximum Gasteiger partial charge on any atom is 0.217 e. The standard InChI is InChI=1S/C12H14N2O3/c1-7-4-10-5-12(16)11(6-13-9(3)15)8(2)14(10)17-7/h4-5H,6H2,1-3H3,(H,13,15). The van der Waals surface area contributed by atoms with Crippen molar-refractivity contribution >= 4 is 11.4 Å². The number of hydrogen-bond acceptors (Lipinski definition) is 3. The summed E-state index contributed by atoms with van der Waals surface area (Å²) >= 11 is 0. The lowest BCUT2D eigenvalue weighted by molar-refractivity contribution is -0.119. The van der Waals surface area contributed by atoms with Crippen LogP contribution < -0.4 is 10.7 Å². The number of pyridine rings is 1. The van der Waals surface area contributed by atoms with Gasteiger partial charge in [0.05, 0.1) is 11.2 Å². The number of nitrogens with one attached hydrogen (secondary N) is 1. The van der Waals surface area contributed by atoms with Crippen LogP contribution in [-0.4, -0.2) is 10.5 Å². The predicted molar refractivity (Wildman–Crippen MR) is 62.9 cm³/mol. The quantitative estimate of drug-likeness (QED) is 0.847. The molecule has 0 aromatic carbocycles. The fourth-order valence-corrected chi connectivity index (χ4v) is 1.80. The molecular formula is C12H14N2O3. The van der Waals surface area contributed by atoms with Crippen LogP contribution in [0.25, 0.3) is 5.52 Å². The minimum Gasteiger partial charge on any atom is -0.380 e. The molecule has 0 saturated heterocycles. The van der Waals surface area contributed by atoms with Gasteiger partial charge in [-0.05, 0) is 13.8 Å². The average Bonchev–Trinajstić information content (AvgIpc) is 2.58. The Hall–Kier alpha value is -2.04. The highest BCUT2D eigenvalue weighted by atomic mass is 16.5. The Labute approximate surface area is 98.0 Å². The monoisotopic (exact) mass is 234 g/mol. The maximum absolute atomic E-state index is 11.9. The van der Waals surface area contributed by atoms with Gasteiger partial charge >= 0.3 is 0 Å². The van der Waals surface area contributed by atoms with Gasteiger partial charge in [-0.15, -0.1) is 0 Å². The van der Waals surface area contributed by atoms with Crippen LogP contribution >= 0.6 is 0 Å². The fraction of sp³-hybridized carbons (Fsp3) is 0.333. The topological polar surface area (TPSA) is 63.7 Å². The highest BCUT2D eigenvalue weighted by Crippen LogP contribution is 2.12. The van der Waals surface area contributed by atoms with Crippen LogP contribution in [0, 0.1) is 13.8 Å². The molecule has 0 saturated carbocycles. The van der Waals surface area contributed by atoms with Gasteiger partial charge in [-0.1, -0.05) is 0 Å². The summed E-state index contributed by atoms with van der Waals surface area (Å²) in [6, 6.07) is 3.32. The summed E-state index contributed by atoms with van der Waals surface area (Å²) in [5, 5.41) is 2.62. The van der Waals surface area contributed by atoms with Crippen LogP contribution in [0.2, 0.25) is 0 Å². The molecule has 0 radical (unpaired) electrons. The van der Waals surface area contributed by atoms with Crippen molar-refractivity contribution < 1.29 is 9.32 Å². The molecule has 0 aliphatic rings. The van der Waals surface area contributed by atoms with Crippen molar-refractivity contribution in [1.82, 2.24) is 9.89 Å². The molecule has 5 heteroatoms. The predicted octanol–water partition coefficient (Wildman–Crippen LogP) is 1.15. The third-order valence-electron chi connectivity index (χ3n) is 2.65. The van der Waals surface area contributed by atoms with Gasteiger partial charge in [0.2, 0.25) is 5.91 Å². The van der Waals surface area contributed by atoms with E-state index in [1.807, 2.05) is 6.92 Å². The normalized spacial score (nSPS) is 10.8. The van der Waals surface area contributed by atoms with Crippen molar-refractivity contribution in [3.8, 4) is 0 Å². The summed E-state index contributed by atoms with van der Waals surface area (Å²) in [5.41, 5.74) is 1.91. The van der Waals surface area contributed by atoms with Crippen molar-refractivity contribution in [3.63, 3.8) is 0 Å². The Morgan fingerprint density at radius 2 is 2.12 bits per heavy atom. The first-order valence-corrected chi connectivity index (χ1v) is 5.35. The van der Waals surface area contributed by atoms with E-state index < -0.39 is 0 Å². The highest BCUT2D eigenvalue weighted by molar-refractivity contribution is 5.72. The third-order valence-corrected chi connectivity index (χ3v) is 2.65. The first-order chi connectivity index (χ1) is 7.99. The molecule has 0 aliphatic heterocycles. The molecule has 0 fully saturated rings. The van der Waals surface area contributed by atoms with Crippen LogP contribution in [0.1, 0.15) is 23.9 Å². The van der Waals surface area contributed by atoms with E-state index in [1.54, 1.807) is 17.6 Å². The van der Waals surface area contributed by atoms with Crippen LogP contribution in [0.5, 0.6) is 0 Å². The van der Waals surface area contributed by atoms with Crippen LogP contribution in [0.15, 0.2) is 21.5 Å². The van der Waals surface area contributed by atoms with Crippen molar-refractivity contribution in [1.29, 1.82) is 0 Å². The van der Waals surface area contributed by atoms with Gasteiger partial charge in [0, 0.05) is 31.2 Å². The Morgan fingerprint density at radius 1 is 1.41 bits per heavy atom. The van der Waals surface area contributed by atoms with Crippen molar-refractivity contribution in [3.05, 3.63) is 39.4 Å². The van der Waals surface area contributed by atoms with Crippen LogP contribution in [0.4, 0.5) is 0 Å². The molecule has 17 heavy (non-hydrogen) atoms. The zero-order valence-electron chi connectivity index (χ0n) is 10.0. The molecule has 90 valence electrons. The minimum atomic E-state index is -0.162. The van der Waals surface area contributed by atoms with Gasteiger partial charge in [-0.2, -0.15) is 4.57 Å². The smallest absolute Gasteiger partial charge is 0.217 e. The molecule has 5 nitrogen and oxygen atoms in total. The van der Waals surface area contributed by atoms with E-state index >= 15 is 0 Å². The number of aryl methyl sites for hydroxylation is 2. The Balaban J connectivity index is 2.55. The summed E-state index contributed by atoms with van der Waals surface area (Å²) in [7, 11) is 0. The van der Waals surface area contributed by atoms with Crippen molar-refractivity contribution in [2.45, 2.75) is 27.3 Å². The van der Waals surface area contributed by atoms with E-state index in [9.17, 15) is 9.59 Å². The summed E-state index contributed by atoms with van der Waals surface area (Å²) in [6.45, 7) is 5.27. The van der Waals surface area contributed by atoms with E-state index in [1.165, 1.54) is 13.0 Å². The highest BCUT2D eigenvalue weighted by Gasteiger charge is 2.11. The molecule has 2 aromatic rings.